The molecular formula is C22H19BrN6O4S. The van der Waals surface area contributed by atoms with Crippen molar-refractivity contribution in [2.45, 2.75) is 11.4 Å². The third-order valence-electron chi connectivity index (χ3n) is 5.75. The maximum absolute atomic E-state index is 13.1. The second-order valence-corrected chi connectivity index (χ2v) is 10.8. The molecule has 0 fully saturated rings. The first kappa shape index (κ1) is 22.3. The molecule has 0 unspecified atom stereocenters. The van der Waals surface area contributed by atoms with Crippen LogP contribution in [0.2, 0.25) is 0 Å². The minimum atomic E-state index is -3.74. The summed E-state index contributed by atoms with van der Waals surface area (Å²) < 4.78 is 25.8. The molecule has 0 saturated heterocycles. The number of rotatable bonds is 3. The molecule has 2 aliphatic rings. The van der Waals surface area contributed by atoms with Crippen LogP contribution in [0.5, 0.6) is 0 Å². The third kappa shape index (κ3) is 3.68. The predicted molar refractivity (Wildman–Crippen MR) is 131 cm³/mol. The lowest BCUT2D eigenvalue weighted by Gasteiger charge is -2.34. The summed E-state index contributed by atoms with van der Waals surface area (Å²) in [4.78, 5) is 38.3. The number of benzene rings is 2. The number of nitrogens with one attached hydrogen (secondary N) is 1. The van der Waals surface area contributed by atoms with Gasteiger partial charge in [-0.3, -0.25) is 14.6 Å². The Kier molecular flexibility index (Phi) is 5.29. The lowest BCUT2D eigenvalue weighted by molar-refractivity contribution is -0.116. The average Bonchev–Trinajstić information content (AvgIpc) is 2.81. The molecule has 3 heterocycles. The van der Waals surface area contributed by atoms with Crippen LogP contribution in [0.4, 0.5) is 33.6 Å². The number of carbonyl (C=O) groups is 2. The molecule has 1 N–H and O–H groups in total. The van der Waals surface area contributed by atoms with Gasteiger partial charge < -0.3 is 10.2 Å². The molecule has 0 atom stereocenters. The van der Waals surface area contributed by atoms with Gasteiger partial charge in [0.25, 0.3) is 0 Å². The maximum Gasteiger partial charge on any atom is 0.330 e. The number of para-hydroxylation sites is 1. The second kappa shape index (κ2) is 8.06. The highest BCUT2D eigenvalue weighted by Gasteiger charge is 2.34. The number of halogens is 1. The monoisotopic (exact) mass is 542 g/mol. The van der Waals surface area contributed by atoms with Crippen molar-refractivity contribution in [3.8, 4) is 0 Å². The van der Waals surface area contributed by atoms with Crippen molar-refractivity contribution >= 4 is 66.5 Å². The Bertz CT molecular complexity index is 1460. The van der Waals surface area contributed by atoms with Crippen molar-refractivity contribution in [3.63, 3.8) is 0 Å². The fourth-order valence-corrected chi connectivity index (χ4v) is 5.95. The van der Waals surface area contributed by atoms with Crippen LogP contribution >= 0.6 is 15.9 Å². The lowest BCUT2D eigenvalue weighted by atomic mass is 10.2. The molecule has 34 heavy (non-hydrogen) atoms. The summed E-state index contributed by atoms with van der Waals surface area (Å²) in [5, 5.41) is 3.01. The number of aromatic nitrogens is 2. The van der Waals surface area contributed by atoms with Crippen molar-refractivity contribution in [2.24, 2.45) is 0 Å². The number of nitrogens with zero attached hydrogens (tertiary/aromatic N) is 5. The molecule has 3 amide bonds. The normalized spacial score (nSPS) is 16.9. The molecule has 0 saturated carbocycles. The first-order valence-corrected chi connectivity index (χ1v) is 12.7. The van der Waals surface area contributed by atoms with Crippen LogP contribution in [0, 0.1) is 0 Å². The minimum absolute atomic E-state index is 0.0638. The largest absolute Gasteiger partial charge is 0.330 e. The lowest BCUT2D eigenvalue weighted by Crippen LogP contribution is -2.46. The second-order valence-electron chi connectivity index (χ2n) is 7.94. The summed E-state index contributed by atoms with van der Waals surface area (Å²) in [7, 11) is -0.560. The Labute approximate surface area is 204 Å². The van der Waals surface area contributed by atoms with Crippen molar-refractivity contribution < 1.29 is 18.0 Å². The van der Waals surface area contributed by atoms with Gasteiger partial charge in [0.2, 0.25) is 11.9 Å². The van der Waals surface area contributed by atoms with Gasteiger partial charge in [-0.1, -0.05) is 12.1 Å². The Morgan fingerprint density at radius 3 is 2.56 bits per heavy atom. The molecular weight excluding hydrogens is 524 g/mol. The Balaban J connectivity index is 1.45. The van der Waals surface area contributed by atoms with E-state index in [4.69, 9.17) is 0 Å². The number of fused-ring (bicyclic) bond motifs is 2. The van der Waals surface area contributed by atoms with Crippen LogP contribution in [0.1, 0.15) is 5.56 Å². The van der Waals surface area contributed by atoms with Crippen LogP contribution in [0.15, 0.2) is 58.0 Å². The van der Waals surface area contributed by atoms with Gasteiger partial charge in [0, 0.05) is 36.0 Å². The van der Waals surface area contributed by atoms with Gasteiger partial charge in [0.1, 0.15) is 11.6 Å². The average molecular weight is 543 g/mol. The summed E-state index contributed by atoms with van der Waals surface area (Å²) in [5.74, 6) is -0.376. The Morgan fingerprint density at radius 2 is 1.79 bits per heavy atom. The maximum atomic E-state index is 13.1. The van der Waals surface area contributed by atoms with Gasteiger partial charge >= 0.3 is 6.03 Å². The van der Waals surface area contributed by atoms with E-state index in [-0.39, 0.29) is 16.9 Å². The topological polar surface area (TPSA) is 116 Å². The van der Waals surface area contributed by atoms with E-state index in [0.29, 0.717) is 23.7 Å². The third-order valence-corrected chi connectivity index (χ3v) is 8.04. The van der Waals surface area contributed by atoms with Crippen molar-refractivity contribution in [2.75, 3.05) is 39.9 Å². The van der Waals surface area contributed by atoms with Gasteiger partial charge in [-0.25, -0.2) is 18.2 Å². The zero-order chi connectivity index (χ0) is 24.2. The zero-order valence-electron chi connectivity index (χ0n) is 18.2. The Hall–Kier alpha value is -3.51. The molecule has 0 bridgehead atoms. The van der Waals surface area contributed by atoms with Crippen molar-refractivity contribution in [1.82, 2.24) is 9.97 Å². The number of urea groups is 1. The summed E-state index contributed by atoms with van der Waals surface area (Å²) in [5.41, 5.74) is 2.28. The van der Waals surface area contributed by atoms with Crippen LogP contribution in [0.3, 0.4) is 0 Å². The fraction of sp³-hybridized carbons (Fsp3) is 0.182. The van der Waals surface area contributed by atoms with Crippen LogP contribution in [-0.4, -0.2) is 50.2 Å². The number of carbonyl (C=O) groups excluding carboxylic acids is 2. The van der Waals surface area contributed by atoms with E-state index in [0.717, 1.165) is 15.7 Å². The van der Waals surface area contributed by atoms with Gasteiger partial charge in [0.15, 0.2) is 9.84 Å². The quantitative estimate of drug-likeness (QED) is 0.539. The van der Waals surface area contributed by atoms with E-state index in [9.17, 15) is 18.0 Å². The first-order valence-electron chi connectivity index (χ1n) is 10.2. The number of anilines is 5. The minimum Gasteiger partial charge on any atom is -0.324 e. The van der Waals surface area contributed by atoms with Crippen molar-refractivity contribution in [1.29, 1.82) is 0 Å². The van der Waals surface area contributed by atoms with Gasteiger partial charge in [-0.2, -0.15) is 4.98 Å². The molecule has 10 nitrogen and oxygen atoms in total. The molecule has 5 rings (SSSR count). The van der Waals surface area contributed by atoms with E-state index >= 15 is 0 Å². The zero-order valence-corrected chi connectivity index (χ0v) is 20.6. The van der Waals surface area contributed by atoms with E-state index in [1.165, 1.54) is 15.9 Å². The van der Waals surface area contributed by atoms with Gasteiger partial charge in [0.05, 0.1) is 22.8 Å². The van der Waals surface area contributed by atoms with Crippen LogP contribution in [-0.2, 0) is 21.2 Å². The highest BCUT2D eigenvalue weighted by Crippen LogP contribution is 2.35. The molecule has 1 aromatic heterocycles. The van der Waals surface area contributed by atoms with Crippen LogP contribution < -0.4 is 20.0 Å². The van der Waals surface area contributed by atoms with Gasteiger partial charge in [-0.15, -0.1) is 0 Å². The summed E-state index contributed by atoms with van der Waals surface area (Å²) >= 11 is 3.49. The number of amides is 3. The number of hydrogen-bond donors (Lipinski definition) is 1. The molecule has 2 aliphatic heterocycles. The summed E-state index contributed by atoms with van der Waals surface area (Å²) in [6.45, 7) is 0.304. The molecule has 12 heteroatoms. The number of hydrogen-bond acceptors (Lipinski definition) is 7. The SMILES string of the molecule is CN1C(=O)CS(=O)(=O)c2cc(Nc3ncc4c(n3)N(C)C(=O)N(c3ccccc3Br)C4)ccc21. The van der Waals surface area contributed by atoms with Crippen molar-refractivity contribution in [3.05, 3.63) is 58.7 Å². The summed E-state index contributed by atoms with van der Waals surface area (Å²) in [6, 6.07) is 11.9. The molecule has 174 valence electrons. The van der Waals surface area contributed by atoms with E-state index in [2.05, 4.69) is 31.2 Å². The molecule has 0 aliphatic carbocycles. The molecule has 2 aromatic carbocycles. The predicted octanol–water partition coefficient (Wildman–Crippen LogP) is 3.31. The Morgan fingerprint density at radius 1 is 1.03 bits per heavy atom. The highest BCUT2D eigenvalue weighted by molar-refractivity contribution is 9.10. The fourth-order valence-electron chi connectivity index (χ4n) is 3.95. The van der Waals surface area contributed by atoms with E-state index in [1.807, 2.05) is 24.3 Å². The smallest absolute Gasteiger partial charge is 0.324 e. The first-order chi connectivity index (χ1) is 16.2. The standard InChI is InChI=1S/C22H19BrN6O4S/c1-27-17-8-7-14(9-18(17)34(32,33)12-19(27)30)25-21-24-10-13-11-29(16-6-4-3-5-15(16)23)22(31)28(2)20(13)26-21/h3-10H,11-12H2,1-2H3,(H,24,25,26). The van der Waals surface area contributed by atoms with E-state index < -0.39 is 21.5 Å². The molecule has 0 radical (unpaired) electrons. The molecule has 3 aromatic rings. The van der Waals surface area contributed by atoms with Gasteiger partial charge in [-0.05, 0) is 46.3 Å². The number of sulfone groups is 1. The highest BCUT2D eigenvalue weighted by atomic mass is 79.9. The van der Waals surface area contributed by atoms with Crippen LogP contribution in [0.25, 0.3) is 0 Å². The van der Waals surface area contributed by atoms with E-state index in [1.54, 1.807) is 37.3 Å². The molecule has 0 spiro atoms. The summed E-state index contributed by atoms with van der Waals surface area (Å²) in [6.07, 6.45) is 1.64.